The molecule has 1 aromatic rings. The normalized spacial score (nSPS) is 23.7. The highest BCUT2D eigenvalue weighted by atomic mass is 19.1. The Labute approximate surface area is 106 Å². The molecule has 4 heteroatoms. The Kier molecular flexibility index (Phi) is 4.31. The number of halogens is 1. The van der Waals surface area contributed by atoms with Crippen LogP contribution in [0.25, 0.3) is 0 Å². The summed E-state index contributed by atoms with van der Waals surface area (Å²) in [6, 6.07) is 5.76. The van der Waals surface area contributed by atoms with Gasteiger partial charge in [-0.2, -0.15) is 0 Å². The minimum atomic E-state index is -0.434. The van der Waals surface area contributed by atoms with Crippen LogP contribution >= 0.6 is 0 Å². The lowest BCUT2D eigenvalue weighted by atomic mass is 9.92. The number of amides is 1. The van der Waals surface area contributed by atoms with Gasteiger partial charge in [-0.3, -0.25) is 4.79 Å². The monoisotopic (exact) mass is 251 g/mol. The van der Waals surface area contributed by atoms with Crippen molar-refractivity contribution in [2.24, 2.45) is 0 Å². The van der Waals surface area contributed by atoms with E-state index in [-0.39, 0.29) is 24.2 Å². The Morgan fingerprint density at radius 2 is 1.94 bits per heavy atom. The fraction of sp³-hybridized carbons (Fsp3) is 0.500. The lowest BCUT2D eigenvalue weighted by Crippen LogP contribution is -2.45. The van der Waals surface area contributed by atoms with Crippen molar-refractivity contribution in [1.82, 2.24) is 5.32 Å². The van der Waals surface area contributed by atoms with Gasteiger partial charge in [0.25, 0.3) is 0 Å². The standard InChI is InChI=1S/C14H18FNO2/c15-11-7-5-10(6-8-11)9-14(18)16-12-3-1-2-4-13(12)17/h5-8,12-13,17H,1-4,9H2,(H,16,18). The molecule has 18 heavy (non-hydrogen) atoms. The zero-order valence-corrected chi connectivity index (χ0v) is 10.2. The zero-order chi connectivity index (χ0) is 13.0. The molecule has 1 aliphatic carbocycles. The second-order valence-electron chi connectivity index (χ2n) is 4.83. The first-order valence-corrected chi connectivity index (χ1v) is 6.37. The van der Waals surface area contributed by atoms with Gasteiger partial charge < -0.3 is 10.4 Å². The average molecular weight is 251 g/mol. The highest BCUT2D eigenvalue weighted by Crippen LogP contribution is 2.18. The molecule has 2 atom stereocenters. The first-order chi connectivity index (χ1) is 8.65. The molecule has 0 heterocycles. The van der Waals surface area contributed by atoms with E-state index in [1.54, 1.807) is 12.1 Å². The summed E-state index contributed by atoms with van der Waals surface area (Å²) in [5, 5.41) is 12.6. The topological polar surface area (TPSA) is 49.3 Å². The summed E-state index contributed by atoms with van der Waals surface area (Å²) in [6.07, 6.45) is 3.43. The van der Waals surface area contributed by atoms with E-state index >= 15 is 0 Å². The van der Waals surface area contributed by atoms with E-state index in [1.165, 1.54) is 12.1 Å². The fourth-order valence-electron chi connectivity index (χ4n) is 2.33. The number of aliphatic hydroxyl groups is 1. The molecule has 1 fully saturated rings. The SMILES string of the molecule is O=C(Cc1ccc(F)cc1)NC1CCCCC1O. The van der Waals surface area contributed by atoms with Crippen molar-refractivity contribution < 1.29 is 14.3 Å². The molecule has 0 saturated heterocycles. The molecule has 0 aliphatic heterocycles. The predicted molar refractivity (Wildman–Crippen MR) is 66.5 cm³/mol. The third kappa shape index (κ3) is 3.53. The second kappa shape index (κ2) is 5.96. The van der Waals surface area contributed by atoms with Gasteiger partial charge in [-0.15, -0.1) is 0 Å². The van der Waals surface area contributed by atoms with Crippen molar-refractivity contribution in [2.75, 3.05) is 0 Å². The van der Waals surface area contributed by atoms with Gasteiger partial charge in [-0.1, -0.05) is 25.0 Å². The molecule has 1 saturated carbocycles. The lowest BCUT2D eigenvalue weighted by Gasteiger charge is -2.28. The van der Waals surface area contributed by atoms with Gasteiger partial charge in [0, 0.05) is 0 Å². The van der Waals surface area contributed by atoms with Crippen molar-refractivity contribution in [3.8, 4) is 0 Å². The van der Waals surface area contributed by atoms with Crippen LogP contribution in [-0.4, -0.2) is 23.2 Å². The van der Waals surface area contributed by atoms with Gasteiger partial charge in [-0.05, 0) is 30.5 Å². The number of aliphatic hydroxyl groups excluding tert-OH is 1. The fourth-order valence-corrected chi connectivity index (χ4v) is 2.33. The third-order valence-corrected chi connectivity index (χ3v) is 3.35. The van der Waals surface area contributed by atoms with Crippen LogP contribution in [0.15, 0.2) is 24.3 Å². The van der Waals surface area contributed by atoms with Crippen LogP contribution in [0.2, 0.25) is 0 Å². The number of hydrogen-bond acceptors (Lipinski definition) is 2. The van der Waals surface area contributed by atoms with Gasteiger partial charge in [0.15, 0.2) is 0 Å². The Morgan fingerprint density at radius 1 is 1.28 bits per heavy atom. The van der Waals surface area contributed by atoms with Crippen molar-refractivity contribution in [3.05, 3.63) is 35.6 Å². The van der Waals surface area contributed by atoms with E-state index in [0.717, 1.165) is 31.2 Å². The van der Waals surface area contributed by atoms with E-state index in [0.29, 0.717) is 0 Å². The van der Waals surface area contributed by atoms with E-state index in [1.807, 2.05) is 0 Å². The Balaban J connectivity index is 1.86. The average Bonchev–Trinajstić information content (AvgIpc) is 2.35. The molecule has 3 nitrogen and oxygen atoms in total. The van der Waals surface area contributed by atoms with Crippen LogP contribution in [0.1, 0.15) is 31.2 Å². The van der Waals surface area contributed by atoms with E-state index < -0.39 is 6.10 Å². The summed E-state index contributed by atoms with van der Waals surface area (Å²) in [7, 11) is 0. The summed E-state index contributed by atoms with van der Waals surface area (Å²) in [6.45, 7) is 0. The summed E-state index contributed by atoms with van der Waals surface area (Å²) in [5.74, 6) is -0.422. The number of hydrogen-bond donors (Lipinski definition) is 2. The maximum Gasteiger partial charge on any atom is 0.224 e. The molecule has 0 aromatic heterocycles. The number of nitrogens with one attached hydrogen (secondary N) is 1. The predicted octanol–water partition coefficient (Wildman–Crippen LogP) is 1.79. The van der Waals surface area contributed by atoms with E-state index in [9.17, 15) is 14.3 Å². The molecule has 98 valence electrons. The minimum Gasteiger partial charge on any atom is -0.391 e. The van der Waals surface area contributed by atoms with Crippen molar-refractivity contribution in [2.45, 2.75) is 44.2 Å². The van der Waals surface area contributed by atoms with Crippen LogP contribution in [0.4, 0.5) is 4.39 Å². The van der Waals surface area contributed by atoms with Crippen molar-refractivity contribution >= 4 is 5.91 Å². The minimum absolute atomic E-state index is 0.118. The molecule has 2 N–H and O–H groups in total. The smallest absolute Gasteiger partial charge is 0.224 e. The van der Waals surface area contributed by atoms with Gasteiger partial charge in [0.1, 0.15) is 5.82 Å². The molecule has 0 radical (unpaired) electrons. The summed E-state index contributed by atoms with van der Waals surface area (Å²) in [4.78, 5) is 11.8. The first kappa shape index (κ1) is 13.0. The summed E-state index contributed by atoms with van der Waals surface area (Å²) < 4.78 is 12.7. The second-order valence-corrected chi connectivity index (χ2v) is 4.83. The molecular weight excluding hydrogens is 233 g/mol. The largest absolute Gasteiger partial charge is 0.391 e. The zero-order valence-electron chi connectivity index (χ0n) is 10.2. The van der Waals surface area contributed by atoms with Gasteiger partial charge in [-0.25, -0.2) is 4.39 Å². The molecule has 2 unspecified atom stereocenters. The number of carbonyl (C=O) groups excluding carboxylic acids is 1. The first-order valence-electron chi connectivity index (χ1n) is 6.37. The van der Waals surface area contributed by atoms with Gasteiger partial charge >= 0.3 is 0 Å². The Morgan fingerprint density at radius 3 is 2.61 bits per heavy atom. The number of rotatable bonds is 3. The van der Waals surface area contributed by atoms with Gasteiger partial charge in [0.2, 0.25) is 5.91 Å². The number of benzene rings is 1. The molecular formula is C14H18FNO2. The lowest BCUT2D eigenvalue weighted by molar-refractivity contribution is -0.122. The summed E-state index contributed by atoms with van der Waals surface area (Å²) in [5.41, 5.74) is 0.777. The van der Waals surface area contributed by atoms with Crippen molar-refractivity contribution in [1.29, 1.82) is 0 Å². The third-order valence-electron chi connectivity index (χ3n) is 3.35. The Hall–Kier alpha value is -1.42. The summed E-state index contributed by atoms with van der Waals surface area (Å²) >= 11 is 0. The van der Waals surface area contributed by atoms with Crippen molar-refractivity contribution in [3.63, 3.8) is 0 Å². The van der Waals surface area contributed by atoms with Crippen LogP contribution < -0.4 is 5.32 Å². The highest BCUT2D eigenvalue weighted by Gasteiger charge is 2.24. The maximum atomic E-state index is 12.7. The molecule has 0 bridgehead atoms. The number of carbonyl (C=O) groups is 1. The van der Waals surface area contributed by atoms with E-state index in [2.05, 4.69) is 5.32 Å². The molecule has 1 aromatic carbocycles. The molecule has 0 spiro atoms. The highest BCUT2D eigenvalue weighted by molar-refractivity contribution is 5.78. The Bertz CT molecular complexity index is 405. The quantitative estimate of drug-likeness (QED) is 0.860. The van der Waals surface area contributed by atoms with Crippen LogP contribution in [0.5, 0.6) is 0 Å². The molecule has 1 aliphatic rings. The van der Waals surface area contributed by atoms with Crippen LogP contribution in [-0.2, 0) is 11.2 Å². The van der Waals surface area contributed by atoms with Crippen LogP contribution in [0, 0.1) is 5.82 Å². The molecule has 2 rings (SSSR count). The maximum absolute atomic E-state index is 12.7. The molecule has 1 amide bonds. The van der Waals surface area contributed by atoms with Gasteiger partial charge in [0.05, 0.1) is 18.6 Å². The van der Waals surface area contributed by atoms with Crippen LogP contribution in [0.3, 0.4) is 0 Å². The van der Waals surface area contributed by atoms with E-state index in [4.69, 9.17) is 0 Å².